The Kier molecular flexibility index (Phi) is 8.53. The molecule has 8 atom stereocenters. The van der Waals surface area contributed by atoms with E-state index >= 15 is 0 Å². The van der Waals surface area contributed by atoms with Gasteiger partial charge in [0, 0.05) is 19.7 Å². The zero-order valence-electron chi connectivity index (χ0n) is 21.7. The second-order valence-corrected chi connectivity index (χ2v) is 12.6. The Morgan fingerprint density at radius 3 is 2.39 bits per heavy atom. The van der Waals surface area contributed by atoms with Crippen LogP contribution in [0.15, 0.2) is 0 Å². The van der Waals surface area contributed by atoms with E-state index in [9.17, 15) is 4.79 Å². The molecule has 0 aromatic carbocycles. The highest BCUT2D eigenvalue weighted by Gasteiger charge is 2.60. The molecule has 4 aliphatic carbocycles. The number of carbonyl (C=O) groups excluding carboxylic acids is 1. The monoisotopic (exact) mass is 449 g/mol. The Balaban J connectivity index is 0.00000132. The smallest absolute Gasteiger partial charge is 0.232 e. The van der Waals surface area contributed by atoms with Gasteiger partial charge in [0.05, 0.1) is 0 Å². The number of rotatable bonds is 5. The van der Waals surface area contributed by atoms with Gasteiger partial charge in [-0.2, -0.15) is 0 Å². The summed E-state index contributed by atoms with van der Waals surface area (Å²) in [6.45, 7) is 11.8. The molecule has 3 heteroatoms. The van der Waals surface area contributed by atoms with Crippen LogP contribution in [0.4, 0.5) is 0 Å². The second kappa shape index (κ2) is 10.4. The van der Waals surface area contributed by atoms with E-state index in [-0.39, 0.29) is 0 Å². The maximum atomic E-state index is 12.3. The van der Waals surface area contributed by atoms with E-state index in [1.807, 2.05) is 27.2 Å². The average molecular weight is 450 g/mol. The lowest BCUT2D eigenvalue weighted by molar-refractivity contribution is -0.126. The van der Waals surface area contributed by atoms with Crippen LogP contribution in [-0.4, -0.2) is 23.5 Å². The van der Waals surface area contributed by atoms with E-state index in [1.165, 1.54) is 76.2 Å². The van der Waals surface area contributed by atoms with Gasteiger partial charge in [0.15, 0.2) is 0 Å². The lowest BCUT2D eigenvalue weighted by atomic mass is 9.44. The summed E-state index contributed by atoms with van der Waals surface area (Å²) in [5, 5.41) is 0. The molecule has 0 spiro atoms. The molecule has 4 fully saturated rings. The molecule has 0 N–H and O–H groups in total. The highest BCUT2D eigenvalue weighted by Crippen LogP contribution is 2.68. The van der Waals surface area contributed by atoms with Crippen molar-refractivity contribution < 1.29 is 4.79 Å². The minimum absolute atomic E-state index is 0.302. The third kappa shape index (κ3) is 4.60. The highest BCUT2D eigenvalue weighted by atomic mass is 32.2. The first-order valence-corrected chi connectivity index (χ1v) is 14.8. The molecule has 0 bridgehead atoms. The minimum atomic E-state index is 0.302. The Hall–Kier alpha value is -0.180. The Morgan fingerprint density at radius 1 is 0.968 bits per heavy atom. The van der Waals surface area contributed by atoms with E-state index in [4.69, 9.17) is 0 Å². The molecule has 4 aliphatic rings. The predicted octanol–water partition coefficient (Wildman–Crippen LogP) is 8.21. The van der Waals surface area contributed by atoms with E-state index < -0.39 is 0 Å². The van der Waals surface area contributed by atoms with E-state index in [0.717, 1.165) is 42.4 Å². The summed E-state index contributed by atoms with van der Waals surface area (Å²) in [5.74, 6) is 5.80. The summed E-state index contributed by atoms with van der Waals surface area (Å²) in [7, 11) is 1.91. The van der Waals surface area contributed by atoms with Gasteiger partial charge >= 0.3 is 0 Å². The van der Waals surface area contributed by atoms with Gasteiger partial charge in [-0.15, -0.1) is 0 Å². The number of fused-ring (bicyclic) bond motifs is 5. The maximum Gasteiger partial charge on any atom is 0.232 e. The fourth-order valence-corrected chi connectivity index (χ4v) is 9.38. The summed E-state index contributed by atoms with van der Waals surface area (Å²) in [5.41, 5.74) is 1.19. The van der Waals surface area contributed by atoms with Crippen molar-refractivity contribution in [2.24, 2.45) is 46.3 Å². The van der Waals surface area contributed by atoms with Gasteiger partial charge in [-0.1, -0.05) is 59.4 Å². The van der Waals surface area contributed by atoms with Crippen molar-refractivity contribution >= 4 is 17.9 Å². The van der Waals surface area contributed by atoms with Crippen molar-refractivity contribution in [2.45, 2.75) is 112 Å². The molecule has 2 nitrogen and oxygen atoms in total. The molecule has 31 heavy (non-hydrogen) atoms. The molecule has 4 rings (SSSR count). The minimum Gasteiger partial charge on any atom is -0.290 e. The standard InChI is InChI=1S/C26H45NOS.C2H6/c1-18(9-14-24(28)27(4)29-5)21-12-13-22-20-11-10-19-8-6-7-16-25(19,2)23(20)15-17-26(21,22)3;1-2/h18-23H,6-17H2,1-5H3;1-2H3. The van der Waals surface area contributed by atoms with Crippen LogP contribution in [0.2, 0.25) is 0 Å². The zero-order valence-corrected chi connectivity index (χ0v) is 22.5. The number of carbonyl (C=O) groups is 1. The first-order valence-electron chi connectivity index (χ1n) is 13.6. The third-order valence-corrected chi connectivity index (χ3v) is 11.5. The lowest BCUT2D eigenvalue weighted by Gasteiger charge is -2.61. The summed E-state index contributed by atoms with van der Waals surface area (Å²) < 4.78 is 1.81. The van der Waals surface area contributed by atoms with Crippen LogP contribution in [-0.2, 0) is 4.79 Å². The summed E-state index contributed by atoms with van der Waals surface area (Å²) in [4.78, 5) is 12.3. The molecular weight excluding hydrogens is 398 g/mol. The van der Waals surface area contributed by atoms with Crippen molar-refractivity contribution in [3.63, 3.8) is 0 Å². The summed E-state index contributed by atoms with van der Waals surface area (Å²) in [6, 6.07) is 0. The van der Waals surface area contributed by atoms with Crippen LogP contribution < -0.4 is 0 Å². The largest absolute Gasteiger partial charge is 0.290 e. The topological polar surface area (TPSA) is 20.3 Å². The molecule has 0 aromatic heterocycles. The normalized spacial score (nSPS) is 42.4. The van der Waals surface area contributed by atoms with E-state index in [0.29, 0.717) is 22.7 Å². The third-order valence-electron chi connectivity index (χ3n) is 10.8. The molecule has 0 heterocycles. The molecule has 0 saturated heterocycles. The van der Waals surface area contributed by atoms with E-state index in [2.05, 4.69) is 20.8 Å². The SMILES string of the molecule is CC.CSN(C)C(=O)CCC(C)C1CCC2C3CCC4CCCCC4(C)C3CCC12C. The number of nitrogens with zero attached hydrogens (tertiary/aromatic N) is 1. The first kappa shape index (κ1) is 25.4. The zero-order chi connectivity index (χ0) is 22.8. The Bertz CT molecular complexity index is 608. The molecule has 0 aliphatic heterocycles. The van der Waals surface area contributed by atoms with Crippen molar-refractivity contribution in [3.05, 3.63) is 0 Å². The average Bonchev–Trinajstić information content (AvgIpc) is 3.14. The predicted molar refractivity (Wildman–Crippen MR) is 136 cm³/mol. The molecule has 1 amide bonds. The van der Waals surface area contributed by atoms with E-state index in [1.54, 1.807) is 4.31 Å². The van der Waals surface area contributed by atoms with Crippen molar-refractivity contribution in [1.29, 1.82) is 0 Å². The fraction of sp³-hybridized carbons (Fsp3) is 0.964. The molecule has 0 aromatic rings. The van der Waals surface area contributed by atoms with Crippen LogP contribution in [0.3, 0.4) is 0 Å². The molecule has 180 valence electrons. The van der Waals surface area contributed by atoms with Gasteiger partial charge in [-0.05, 0) is 104 Å². The van der Waals surface area contributed by atoms with Crippen LogP contribution in [0, 0.1) is 46.3 Å². The molecule has 0 radical (unpaired) electrons. The van der Waals surface area contributed by atoms with Gasteiger partial charge in [0.25, 0.3) is 0 Å². The number of amides is 1. The van der Waals surface area contributed by atoms with Gasteiger partial charge < -0.3 is 0 Å². The number of hydrogen-bond acceptors (Lipinski definition) is 2. The van der Waals surface area contributed by atoms with Crippen molar-refractivity contribution in [2.75, 3.05) is 13.3 Å². The van der Waals surface area contributed by atoms with Gasteiger partial charge in [0.1, 0.15) is 0 Å². The lowest BCUT2D eigenvalue weighted by Crippen LogP contribution is -2.53. The maximum absolute atomic E-state index is 12.3. The second-order valence-electron chi connectivity index (χ2n) is 11.7. The fourth-order valence-electron chi connectivity index (χ4n) is 9.08. The van der Waals surface area contributed by atoms with Gasteiger partial charge in [-0.3, -0.25) is 9.10 Å². The van der Waals surface area contributed by atoms with Crippen LogP contribution in [0.1, 0.15) is 112 Å². The molecule has 4 saturated carbocycles. The Morgan fingerprint density at radius 2 is 1.68 bits per heavy atom. The summed E-state index contributed by atoms with van der Waals surface area (Å²) in [6.07, 6.45) is 18.6. The molecule has 8 unspecified atom stereocenters. The molecular formula is C28H51NOS. The Labute approximate surface area is 198 Å². The van der Waals surface area contributed by atoms with Crippen molar-refractivity contribution in [3.8, 4) is 0 Å². The van der Waals surface area contributed by atoms with Crippen LogP contribution >= 0.6 is 11.9 Å². The van der Waals surface area contributed by atoms with Crippen molar-refractivity contribution in [1.82, 2.24) is 4.31 Å². The van der Waals surface area contributed by atoms with Gasteiger partial charge in [-0.25, -0.2) is 0 Å². The van der Waals surface area contributed by atoms with Crippen LogP contribution in [0.5, 0.6) is 0 Å². The number of hydrogen-bond donors (Lipinski definition) is 0. The first-order chi connectivity index (χ1) is 14.8. The van der Waals surface area contributed by atoms with Crippen LogP contribution in [0.25, 0.3) is 0 Å². The quantitative estimate of drug-likeness (QED) is 0.394. The highest BCUT2D eigenvalue weighted by molar-refractivity contribution is 7.96. The van der Waals surface area contributed by atoms with Gasteiger partial charge in [0.2, 0.25) is 5.91 Å². The summed E-state index contributed by atoms with van der Waals surface area (Å²) >= 11 is 1.54.